The first kappa shape index (κ1) is 13.0. The van der Waals surface area contributed by atoms with Gasteiger partial charge in [-0.1, -0.05) is 40.5 Å². The topological polar surface area (TPSA) is 3.24 Å². The second kappa shape index (κ2) is 8.55. The van der Waals surface area contributed by atoms with Crippen molar-refractivity contribution >= 4 is 0 Å². The lowest BCUT2D eigenvalue weighted by molar-refractivity contribution is 0.209. The van der Waals surface area contributed by atoms with Crippen LogP contribution in [-0.4, -0.2) is 24.0 Å². The summed E-state index contributed by atoms with van der Waals surface area (Å²) < 4.78 is 0. The molecule has 13 heavy (non-hydrogen) atoms. The fraction of sp³-hybridized carbons (Fsp3) is 1.00. The second-order valence-corrected chi connectivity index (χ2v) is 3.57. The highest BCUT2D eigenvalue weighted by Gasteiger charge is 2.19. The molecule has 0 saturated heterocycles. The van der Waals surface area contributed by atoms with Crippen molar-refractivity contribution in [3.05, 3.63) is 0 Å². The molecule has 1 saturated carbocycles. The van der Waals surface area contributed by atoms with Crippen LogP contribution in [-0.2, 0) is 0 Å². The molecule has 0 aromatic carbocycles. The maximum absolute atomic E-state index is 2.65. The van der Waals surface area contributed by atoms with Crippen LogP contribution in [0.2, 0.25) is 0 Å². The highest BCUT2D eigenvalue weighted by atomic mass is 15.1. The lowest BCUT2D eigenvalue weighted by Gasteiger charge is -2.26. The van der Waals surface area contributed by atoms with Gasteiger partial charge in [0.1, 0.15) is 0 Å². The summed E-state index contributed by atoms with van der Waals surface area (Å²) >= 11 is 0. The molecule has 1 rings (SSSR count). The fourth-order valence-electron chi connectivity index (χ4n) is 2.16. The number of hydrogen-bond acceptors (Lipinski definition) is 1. The van der Waals surface area contributed by atoms with Crippen LogP contribution in [0.3, 0.4) is 0 Å². The summed E-state index contributed by atoms with van der Waals surface area (Å²) in [5.74, 6) is 0. The summed E-state index contributed by atoms with van der Waals surface area (Å²) in [6.07, 6.45) is 7.14. The van der Waals surface area contributed by atoms with E-state index in [1.807, 2.05) is 13.8 Å². The standard InChI is InChI=1S/C10H21N.C2H6/c1-3-9-11(4-2)10-7-5-6-8-10;1-2/h10H,3-9H2,1-2H3;1-2H3. The van der Waals surface area contributed by atoms with Gasteiger partial charge in [-0.2, -0.15) is 0 Å². The second-order valence-electron chi connectivity index (χ2n) is 3.57. The maximum atomic E-state index is 2.65. The third kappa shape index (κ3) is 4.66. The molecule has 0 atom stereocenters. The van der Waals surface area contributed by atoms with Gasteiger partial charge in [0.2, 0.25) is 0 Å². The van der Waals surface area contributed by atoms with Crippen LogP contribution >= 0.6 is 0 Å². The predicted molar refractivity (Wildman–Crippen MR) is 61.1 cm³/mol. The van der Waals surface area contributed by atoms with Crippen molar-refractivity contribution in [3.63, 3.8) is 0 Å². The average Bonchev–Trinajstić information content (AvgIpc) is 2.70. The van der Waals surface area contributed by atoms with Gasteiger partial charge in [0, 0.05) is 6.04 Å². The molecule has 0 aromatic rings. The molecule has 1 fully saturated rings. The quantitative estimate of drug-likeness (QED) is 0.645. The van der Waals surface area contributed by atoms with Crippen LogP contribution in [0.5, 0.6) is 0 Å². The highest BCUT2D eigenvalue weighted by Crippen LogP contribution is 2.23. The van der Waals surface area contributed by atoms with Gasteiger partial charge in [0.15, 0.2) is 0 Å². The Morgan fingerprint density at radius 3 is 2.00 bits per heavy atom. The summed E-state index contributed by atoms with van der Waals surface area (Å²) in [4.78, 5) is 2.65. The molecule has 0 amide bonds. The van der Waals surface area contributed by atoms with Gasteiger partial charge in [0.05, 0.1) is 0 Å². The maximum Gasteiger partial charge on any atom is 0.00951 e. The Bertz CT molecular complexity index is 95.3. The van der Waals surface area contributed by atoms with Crippen LogP contribution in [0.15, 0.2) is 0 Å². The molecule has 0 radical (unpaired) electrons. The van der Waals surface area contributed by atoms with Gasteiger partial charge in [-0.25, -0.2) is 0 Å². The Morgan fingerprint density at radius 1 is 1.08 bits per heavy atom. The van der Waals surface area contributed by atoms with Crippen LogP contribution in [0.4, 0.5) is 0 Å². The number of hydrogen-bond donors (Lipinski definition) is 0. The molecule has 0 aliphatic heterocycles. The van der Waals surface area contributed by atoms with Gasteiger partial charge in [-0.15, -0.1) is 0 Å². The van der Waals surface area contributed by atoms with E-state index in [1.54, 1.807) is 0 Å². The summed E-state index contributed by atoms with van der Waals surface area (Å²) in [6.45, 7) is 11.1. The van der Waals surface area contributed by atoms with Crippen LogP contribution in [0.25, 0.3) is 0 Å². The van der Waals surface area contributed by atoms with Crippen molar-refractivity contribution in [3.8, 4) is 0 Å². The molecule has 0 unspecified atom stereocenters. The van der Waals surface area contributed by atoms with E-state index in [1.165, 1.54) is 45.2 Å². The Hall–Kier alpha value is -0.0400. The molecule has 1 aliphatic rings. The van der Waals surface area contributed by atoms with Gasteiger partial charge >= 0.3 is 0 Å². The molecule has 0 N–H and O–H groups in total. The Kier molecular flexibility index (Phi) is 8.53. The van der Waals surface area contributed by atoms with Crippen molar-refractivity contribution in [2.45, 2.75) is 65.8 Å². The lowest BCUT2D eigenvalue weighted by atomic mass is 10.2. The average molecular weight is 185 g/mol. The summed E-state index contributed by atoms with van der Waals surface area (Å²) in [6, 6.07) is 0.931. The molecular formula is C12H27N. The molecule has 1 aliphatic carbocycles. The zero-order chi connectivity index (χ0) is 10.1. The van der Waals surface area contributed by atoms with E-state index in [0.717, 1.165) is 6.04 Å². The first-order chi connectivity index (χ1) is 6.38. The van der Waals surface area contributed by atoms with E-state index in [4.69, 9.17) is 0 Å². The van der Waals surface area contributed by atoms with E-state index in [-0.39, 0.29) is 0 Å². The SMILES string of the molecule is CC.CCCN(CC)C1CCCC1. The number of nitrogens with zero attached hydrogens (tertiary/aromatic N) is 1. The Balaban J connectivity index is 0.000000671. The van der Waals surface area contributed by atoms with Gasteiger partial charge in [0.25, 0.3) is 0 Å². The molecular weight excluding hydrogens is 158 g/mol. The lowest BCUT2D eigenvalue weighted by Crippen LogP contribution is -2.33. The van der Waals surface area contributed by atoms with Gasteiger partial charge in [-0.3, -0.25) is 0 Å². The molecule has 1 nitrogen and oxygen atoms in total. The minimum atomic E-state index is 0.931. The summed E-state index contributed by atoms with van der Waals surface area (Å²) in [5.41, 5.74) is 0. The first-order valence-electron chi connectivity index (χ1n) is 6.12. The van der Waals surface area contributed by atoms with Gasteiger partial charge in [-0.05, 0) is 32.4 Å². The van der Waals surface area contributed by atoms with Crippen molar-refractivity contribution in [1.29, 1.82) is 0 Å². The normalized spacial score (nSPS) is 17.3. The van der Waals surface area contributed by atoms with Crippen LogP contribution in [0, 0.1) is 0 Å². The first-order valence-corrected chi connectivity index (χ1v) is 6.12. The van der Waals surface area contributed by atoms with Crippen LogP contribution < -0.4 is 0 Å². The smallest absolute Gasteiger partial charge is 0.00951 e. The van der Waals surface area contributed by atoms with Crippen molar-refractivity contribution in [2.24, 2.45) is 0 Å². The fourth-order valence-corrected chi connectivity index (χ4v) is 2.16. The number of rotatable bonds is 4. The third-order valence-corrected chi connectivity index (χ3v) is 2.76. The van der Waals surface area contributed by atoms with Crippen molar-refractivity contribution < 1.29 is 0 Å². The molecule has 0 spiro atoms. The third-order valence-electron chi connectivity index (χ3n) is 2.76. The minimum absolute atomic E-state index is 0.931. The van der Waals surface area contributed by atoms with Crippen LogP contribution in [0.1, 0.15) is 59.8 Å². The zero-order valence-corrected chi connectivity index (χ0v) is 9.97. The molecule has 0 heterocycles. The minimum Gasteiger partial charge on any atom is -0.301 e. The summed E-state index contributed by atoms with van der Waals surface area (Å²) in [7, 11) is 0. The monoisotopic (exact) mass is 185 g/mol. The molecule has 0 bridgehead atoms. The summed E-state index contributed by atoms with van der Waals surface area (Å²) in [5, 5.41) is 0. The zero-order valence-electron chi connectivity index (χ0n) is 9.97. The Labute approximate surface area is 84.5 Å². The van der Waals surface area contributed by atoms with E-state index in [9.17, 15) is 0 Å². The largest absolute Gasteiger partial charge is 0.301 e. The molecule has 80 valence electrons. The van der Waals surface area contributed by atoms with Crippen molar-refractivity contribution in [1.82, 2.24) is 4.90 Å². The predicted octanol–water partition coefficient (Wildman–Crippen LogP) is 3.69. The van der Waals surface area contributed by atoms with E-state index in [0.29, 0.717) is 0 Å². The Morgan fingerprint density at radius 2 is 1.62 bits per heavy atom. The van der Waals surface area contributed by atoms with Gasteiger partial charge < -0.3 is 4.90 Å². The molecule has 0 aromatic heterocycles. The van der Waals surface area contributed by atoms with E-state index in [2.05, 4.69) is 18.7 Å². The highest BCUT2D eigenvalue weighted by molar-refractivity contribution is 4.76. The van der Waals surface area contributed by atoms with E-state index < -0.39 is 0 Å². The van der Waals surface area contributed by atoms with Crippen molar-refractivity contribution in [2.75, 3.05) is 13.1 Å². The van der Waals surface area contributed by atoms with E-state index >= 15 is 0 Å². The molecule has 1 heteroatoms.